The van der Waals surface area contributed by atoms with E-state index in [4.69, 9.17) is 0 Å². The van der Waals surface area contributed by atoms with Crippen LogP contribution in [0.15, 0.2) is 59.5 Å². The second-order valence-corrected chi connectivity index (χ2v) is 9.90. The van der Waals surface area contributed by atoms with Gasteiger partial charge in [0.15, 0.2) is 0 Å². The highest BCUT2D eigenvalue weighted by molar-refractivity contribution is 7.89. The number of carbonyl (C=O) groups excluding carboxylic acids is 1. The van der Waals surface area contributed by atoms with Gasteiger partial charge in [-0.15, -0.1) is 0 Å². The molecule has 2 saturated heterocycles. The fraction of sp³-hybridized carbons (Fsp3) is 0.435. The van der Waals surface area contributed by atoms with Crippen LogP contribution in [-0.4, -0.2) is 56.3 Å². The smallest absolute Gasteiger partial charge is 0.254 e. The molecule has 0 saturated carbocycles. The predicted octanol–water partition coefficient (Wildman–Crippen LogP) is 2.87. The molecule has 2 aliphatic heterocycles. The van der Waals surface area contributed by atoms with Crippen LogP contribution >= 0.6 is 0 Å². The summed E-state index contributed by atoms with van der Waals surface area (Å²) in [4.78, 5) is 17.8. The van der Waals surface area contributed by atoms with E-state index in [-0.39, 0.29) is 17.3 Å². The van der Waals surface area contributed by atoms with Crippen molar-refractivity contribution in [1.82, 2.24) is 14.5 Å². The first-order valence-electron chi connectivity index (χ1n) is 10.7. The van der Waals surface area contributed by atoms with Gasteiger partial charge in [0.2, 0.25) is 10.0 Å². The van der Waals surface area contributed by atoms with Gasteiger partial charge < -0.3 is 9.80 Å². The third kappa shape index (κ3) is 4.91. The number of rotatable bonds is 7. The number of benzene rings is 2. The van der Waals surface area contributed by atoms with Gasteiger partial charge in [0.05, 0.1) is 4.90 Å². The summed E-state index contributed by atoms with van der Waals surface area (Å²) in [5.74, 6) is 0.0770. The Morgan fingerprint density at radius 1 is 0.933 bits per heavy atom. The third-order valence-corrected chi connectivity index (χ3v) is 7.44. The fourth-order valence-corrected chi connectivity index (χ4v) is 5.39. The van der Waals surface area contributed by atoms with Crippen molar-refractivity contribution in [2.75, 3.05) is 26.2 Å². The number of likely N-dealkylation sites (tertiary alicyclic amines) is 2. The maximum atomic E-state index is 13.0. The molecule has 0 spiro atoms. The Hall–Kier alpha value is -2.22. The molecule has 6 nitrogen and oxygen atoms in total. The molecule has 2 aromatic rings. The normalized spacial score (nSPS) is 20.0. The lowest BCUT2D eigenvalue weighted by Crippen LogP contribution is -2.42. The summed E-state index contributed by atoms with van der Waals surface area (Å²) in [5.41, 5.74) is 1.49. The third-order valence-electron chi connectivity index (χ3n) is 6.03. The first-order chi connectivity index (χ1) is 14.5. The topological polar surface area (TPSA) is 69.7 Å². The average molecular weight is 428 g/mol. The van der Waals surface area contributed by atoms with E-state index in [9.17, 15) is 13.2 Å². The van der Waals surface area contributed by atoms with Crippen molar-refractivity contribution in [2.24, 2.45) is 0 Å². The minimum absolute atomic E-state index is 0.0770. The molecule has 0 radical (unpaired) electrons. The quantitative estimate of drug-likeness (QED) is 0.738. The van der Waals surface area contributed by atoms with Gasteiger partial charge in [-0.1, -0.05) is 30.3 Å². The van der Waals surface area contributed by atoms with E-state index < -0.39 is 10.0 Å². The molecular weight excluding hydrogens is 398 g/mol. The summed E-state index contributed by atoms with van der Waals surface area (Å²) in [6.45, 7) is 4.27. The molecular formula is C23H29N3O3S. The molecule has 0 bridgehead atoms. The zero-order valence-electron chi connectivity index (χ0n) is 17.2. The lowest BCUT2D eigenvalue weighted by molar-refractivity contribution is 0.0708. The van der Waals surface area contributed by atoms with Crippen LogP contribution in [0.3, 0.4) is 0 Å². The molecule has 1 amide bonds. The second-order valence-electron chi connectivity index (χ2n) is 8.14. The van der Waals surface area contributed by atoms with Gasteiger partial charge >= 0.3 is 0 Å². The first-order valence-corrected chi connectivity index (χ1v) is 12.2. The molecule has 1 N–H and O–H groups in total. The molecule has 0 aliphatic carbocycles. The summed E-state index contributed by atoms with van der Waals surface area (Å²) in [7, 11) is -3.55. The number of amides is 1. The first kappa shape index (κ1) is 21.0. The van der Waals surface area contributed by atoms with Crippen LogP contribution in [0.4, 0.5) is 0 Å². The van der Waals surface area contributed by atoms with Gasteiger partial charge in [-0.25, -0.2) is 13.1 Å². The van der Waals surface area contributed by atoms with E-state index in [1.54, 1.807) is 42.5 Å². The molecule has 2 fully saturated rings. The zero-order chi connectivity index (χ0) is 21.0. The minimum Gasteiger partial charge on any atom is -0.334 e. The zero-order valence-corrected chi connectivity index (χ0v) is 18.0. The van der Waals surface area contributed by atoms with Crippen molar-refractivity contribution in [3.05, 3.63) is 65.7 Å². The van der Waals surface area contributed by atoms with Crippen molar-refractivity contribution in [1.29, 1.82) is 0 Å². The number of sulfonamides is 1. The van der Waals surface area contributed by atoms with Crippen LogP contribution in [0.1, 0.15) is 41.6 Å². The van der Waals surface area contributed by atoms with Crippen LogP contribution in [-0.2, 0) is 16.6 Å². The molecule has 0 aromatic heterocycles. The van der Waals surface area contributed by atoms with E-state index in [1.807, 2.05) is 17.0 Å². The maximum absolute atomic E-state index is 13.0. The largest absolute Gasteiger partial charge is 0.334 e. The lowest BCUT2D eigenvalue weighted by atomic mass is 10.1. The van der Waals surface area contributed by atoms with Crippen molar-refractivity contribution in [3.8, 4) is 0 Å². The standard InChI is InChI=1S/C23H29N3O3S/c27-23(26-16-6-7-21(26)18-25-14-4-5-15-25)20-12-10-19(11-13-20)17-24-30(28,29)22-8-2-1-3-9-22/h1-3,8-13,21,24H,4-7,14-18H2/t21-/m0/s1. The highest BCUT2D eigenvalue weighted by Crippen LogP contribution is 2.23. The molecule has 2 heterocycles. The lowest BCUT2D eigenvalue weighted by Gasteiger charge is -2.28. The Labute approximate surface area is 178 Å². The number of carbonyl (C=O) groups is 1. The van der Waals surface area contributed by atoms with E-state index in [0.717, 1.165) is 44.6 Å². The van der Waals surface area contributed by atoms with Gasteiger partial charge in [0.1, 0.15) is 0 Å². The molecule has 160 valence electrons. The van der Waals surface area contributed by atoms with E-state index in [1.165, 1.54) is 12.8 Å². The molecule has 7 heteroatoms. The summed E-state index contributed by atoms with van der Waals surface area (Å²) in [6, 6.07) is 15.9. The molecule has 0 unspecified atom stereocenters. The minimum atomic E-state index is -3.55. The van der Waals surface area contributed by atoms with Crippen molar-refractivity contribution < 1.29 is 13.2 Å². The van der Waals surface area contributed by atoms with Gasteiger partial charge in [-0.2, -0.15) is 0 Å². The average Bonchev–Trinajstić information content (AvgIpc) is 3.45. The van der Waals surface area contributed by atoms with Gasteiger partial charge in [-0.05, 0) is 68.6 Å². The van der Waals surface area contributed by atoms with Crippen molar-refractivity contribution >= 4 is 15.9 Å². The monoisotopic (exact) mass is 427 g/mol. The summed E-state index contributed by atoms with van der Waals surface area (Å²) >= 11 is 0. The molecule has 2 aliphatic rings. The molecule has 4 rings (SSSR count). The van der Waals surface area contributed by atoms with E-state index >= 15 is 0 Å². The van der Waals surface area contributed by atoms with Crippen LogP contribution < -0.4 is 4.72 Å². The van der Waals surface area contributed by atoms with Crippen molar-refractivity contribution in [3.63, 3.8) is 0 Å². The molecule has 1 atom stereocenters. The maximum Gasteiger partial charge on any atom is 0.254 e. The highest BCUT2D eigenvalue weighted by Gasteiger charge is 2.31. The van der Waals surface area contributed by atoms with Crippen LogP contribution in [0.2, 0.25) is 0 Å². The number of nitrogens with zero attached hydrogens (tertiary/aromatic N) is 2. The predicted molar refractivity (Wildman–Crippen MR) is 117 cm³/mol. The summed E-state index contributed by atoms with van der Waals surface area (Å²) in [5, 5.41) is 0. The van der Waals surface area contributed by atoms with Gasteiger partial charge in [0, 0.05) is 31.2 Å². The Morgan fingerprint density at radius 2 is 1.63 bits per heavy atom. The Balaban J connectivity index is 1.36. The van der Waals surface area contributed by atoms with Crippen LogP contribution in [0.25, 0.3) is 0 Å². The van der Waals surface area contributed by atoms with Gasteiger partial charge in [-0.3, -0.25) is 4.79 Å². The fourth-order valence-electron chi connectivity index (χ4n) is 4.35. The SMILES string of the molecule is O=C(c1ccc(CNS(=O)(=O)c2ccccc2)cc1)N1CCC[C@H]1CN1CCCC1. The van der Waals surface area contributed by atoms with Gasteiger partial charge in [0.25, 0.3) is 5.91 Å². The number of hydrogen-bond acceptors (Lipinski definition) is 4. The van der Waals surface area contributed by atoms with Crippen LogP contribution in [0.5, 0.6) is 0 Å². The van der Waals surface area contributed by atoms with E-state index in [2.05, 4.69) is 9.62 Å². The Morgan fingerprint density at radius 3 is 2.33 bits per heavy atom. The summed E-state index contributed by atoms with van der Waals surface area (Å²) in [6.07, 6.45) is 4.65. The second kappa shape index (κ2) is 9.29. The van der Waals surface area contributed by atoms with Crippen LogP contribution in [0, 0.1) is 0 Å². The summed E-state index contributed by atoms with van der Waals surface area (Å²) < 4.78 is 27.3. The molecule has 30 heavy (non-hydrogen) atoms. The number of nitrogens with one attached hydrogen (secondary N) is 1. The Bertz CT molecular complexity index is 955. The number of hydrogen-bond donors (Lipinski definition) is 1. The highest BCUT2D eigenvalue weighted by atomic mass is 32.2. The Kier molecular flexibility index (Phi) is 6.51. The van der Waals surface area contributed by atoms with Crippen molar-refractivity contribution in [2.45, 2.75) is 43.2 Å². The van der Waals surface area contributed by atoms with E-state index in [0.29, 0.717) is 11.6 Å². The molecule has 2 aromatic carbocycles.